The Kier molecular flexibility index (Phi) is 4.74. The number of carbonyl (C=O) groups excluding carboxylic acids is 3. The number of aliphatic hydroxyl groups excluding tert-OH is 2. The number of hydrogen-bond acceptors (Lipinski definition) is 8. The zero-order valence-corrected chi connectivity index (χ0v) is 17.3. The van der Waals surface area contributed by atoms with Crippen LogP contribution in [0.15, 0.2) is 34.7 Å². The zero-order chi connectivity index (χ0) is 22.7. The van der Waals surface area contributed by atoms with E-state index in [4.69, 9.17) is 13.9 Å². The lowest BCUT2D eigenvalue weighted by atomic mass is 9.85. The highest BCUT2D eigenvalue weighted by Gasteiger charge is 2.40. The van der Waals surface area contributed by atoms with E-state index in [-0.39, 0.29) is 45.8 Å². The Balaban J connectivity index is 1.60. The second-order valence-corrected chi connectivity index (χ2v) is 8.17. The summed E-state index contributed by atoms with van der Waals surface area (Å²) in [5, 5.41) is 20.2. The number of fused-ring (bicyclic) bond motifs is 4. The van der Waals surface area contributed by atoms with E-state index < -0.39 is 36.2 Å². The summed E-state index contributed by atoms with van der Waals surface area (Å²) < 4.78 is 17.2. The van der Waals surface area contributed by atoms with Gasteiger partial charge < -0.3 is 24.1 Å². The molecule has 8 nitrogen and oxygen atoms in total. The first-order valence-electron chi connectivity index (χ1n) is 10.2. The lowest BCUT2D eigenvalue weighted by Crippen LogP contribution is -2.48. The molecule has 2 aliphatic rings. The number of rotatable bonds is 3. The first-order chi connectivity index (χ1) is 15.3. The molecule has 0 bridgehead atoms. The molecular weight excluding hydrogens is 416 g/mol. The number of aliphatic hydroxyl groups is 2. The molecule has 0 spiro atoms. The van der Waals surface area contributed by atoms with Crippen molar-refractivity contribution in [3.8, 4) is 5.75 Å². The SMILES string of the molecule is Cc1cc(C=O)c2c3c(oc2c1)C(=O)c1c(O[C@H]2C[C@H](O)[C@@H](O)C(C)O2)cccc1C3=O. The van der Waals surface area contributed by atoms with Crippen LogP contribution in [-0.2, 0) is 4.74 Å². The van der Waals surface area contributed by atoms with Crippen molar-refractivity contribution in [2.75, 3.05) is 0 Å². The average molecular weight is 436 g/mol. The van der Waals surface area contributed by atoms with E-state index in [0.29, 0.717) is 11.7 Å². The van der Waals surface area contributed by atoms with E-state index in [1.165, 1.54) is 12.1 Å². The van der Waals surface area contributed by atoms with Gasteiger partial charge in [-0.3, -0.25) is 14.4 Å². The minimum absolute atomic E-state index is 0.00479. The molecule has 164 valence electrons. The van der Waals surface area contributed by atoms with Gasteiger partial charge in [0.15, 0.2) is 17.8 Å². The molecule has 3 aromatic rings. The fourth-order valence-electron chi connectivity index (χ4n) is 4.42. The summed E-state index contributed by atoms with van der Waals surface area (Å²) in [6.07, 6.45) is -3.05. The molecule has 1 fully saturated rings. The third-order valence-corrected chi connectivity index (χ3v) is 5.96. The number of hydrogen-bond donors (Lipinski definition) is 2. The third-order valence-electron chi connectivity index (χ3n) is 5.96. The Morgan fingerprint density at radius 2 is 1.91 bits per heavy atom. The van der Waals surface area contributed by atoms with Crippen LogP contribution in [0.3, 0.4) is 0 Å². The van der Waals surface area contributed by atoms with E-state index in [0.717, 1.165) is 5.56 Å². The summed E-state index contributed by atoms with van der Waals surface area (Å²) in [4.78, 5) is 38.4. The van der Waals surface area contributed by atoms with Crippen LogP contribution in [0.4, 0.5) is 0 Å². The molecule has 1 aliphatic heterocycles. The number of ether oxygens (including phenoxy) is 2. The quantitative estimate of drug-likeness (QED) is 0.470. The summed E-state index contributed by atoms with van der Waals surface area (Å²) in [5.41, 5.74) is 1.55. The van der Waals surface area contributed by atoms with E-state index >= 15 is 0 Å². The Morgan fingerprint density at radius 1 is 1.12 bits per heavy atom. The molecule has 2 aromatic carbocycles. The van der Waals surface area contributed by atoms with Gasteiger partial charge in [-0.05, 0) is 37.6 Å². The third kappa shape index (κ3) is 2.99. The highest BCUT2D eigenvalue weighted by atomic mass is 16.7. The lowest BCUT2D eigenvalue weighted by molar-refractivity contribution is -0.216. The fraction of sp³-hybridized carbons (Fsp3) is 0.292. The summed E-state index contributed by atoms with van der Waals surface area (Å²) in [6, 6.07) is 7.94. The monoisotopic (exact) mass is 436 g/mol. The molecule has 0 radical (unpaired) electrons. The van der Waals surface area contributed by atoms with Gasteiger partial charge in [0.25, 0.3) is 0 Å². The van der Waals surface area contributed by atoms with Crippen molar-refractivity contribution in [2.24, 2.45) is 0 Å². The van der Waals surface area contributed by atoms with Gasteiger partial charge in [-0.25, -0.2) is 0 Å². The van der Waals surface area contributed by atoms with Crippen molar-refractivity contribution in [3.63, 3.8) is 0 Å². The minimum Gasteiger partial charge on any atom is -0.464 e. The Hall–Kier alpha value is -3.33. The number of ketones is 2. The Bertz CT molecular complexity index is 1270. The zero-order valence-electron chi connectivity index (χ0n) is 17.3. The molecule has 4 atom stereocenters. The molecule has 5 rings (SSSR count). The van der Waals surface area contributed by atoms with E-state index in [2.05, 4.69) is 0 Å². The van der Waals surface area contributed by atoms with E-state index in [1.54, 1.807) is 32.0 Å². The predicted molar refractivity (Wildman–Crippen MR) is 111 cm³/mol. The van der Waals surface area contributed by atoms with Crippen LogP contribution >= 0.6 is 0 Å². The molecule has 0 amide bonds. The van der Waals surface area contributed by atoms with Crippen LogP contribution in [0.5, 0.6) is 5.75 Å². The topological polar surface area (TPSA) is 123 Å². The summed E-state index contributed by atoms with van der Waals surface area (Å²) in [5.74, 6) is -1.02. The van der Waals surface area contributed by atoms with Crippen molar-refractivity contribution in [1.29, 1.82) is 0 Å². The first kappa shape index (κ1) is 20.6. The molecular formula is C24H20O8. The number of aldehydes is 1. The van der Waals surface area contributed by atoms with Gasteiger partial charge in [-0.1, -0.05) is 12.1 Å². The van der Waals surface area contributed by atoms with Crippen molar-refractivity contribution in [1.82, 2.24) is 0 Å². The Labute approximate surface area is 182 Å². The number of carbonyl (C=O) groups is 3. The largest absolute Gasteiger partial charge is 0.464 e. The van der Waals surface area contributed by atoms with Crippen molar-refractivity contribution < 1.29 is 38.5 Å². The number of aryl methyl sites for hydroxylation is 1. The van der Waals surface area contributed by atoms with Crippen LogP contribution < -0.4 is 4.74 Å². The number of furan rings is 1. The van der Waals surface area contributed by atoms with Crippen LogP contribution in [0, 0.1) is 6.92 Å². The van der Waals surface area contributed by atoms with Gasteiger partial charge in [-0.2, -0.15) is 0 Å². The highest BCUT2D eigenvalue weighted by Crippen LogP contribution is 2.40. The fourth-order valence-corrected chi connectivity index (χ4v) is 4.42. The lowest BCUT2D eigenvalue weighted by Gasteiger charge is -2.35. The molecule has 8 heteroatoms. The van der Waals surface area contributed by atoms with Gasteiger partial charge >= 0.3 is 0 Å². The number of benzene rings is 2. The molecule has 2 heterocycles. The van der Waals surface area contributed by atoms with Gasteiger partial charge in [-0.15, -0.1) is 0 Å². The molecule has 1 unspecified atom stereocenters. The summed E-state index contributed by atoms with van der Waals surface area (Å²) in [6.45, 7) is 3.39. The van der Waals surface area contributed by atoms with Gasteiger partial charge in [0.1, 0.15) is 17.4 Å². The molecule has 1 aliphatic carbocycles. The minimum atomic E-state index is -1.05. The maximum absolute atomic E-state index is 13.4. The van der Waals surface area contributed by atoms with Crippen molar-refractivity contribution in [2.45, 2.75) is 44.9 Å². The van der Waals surface area contributed by atoms with Crippen LogP contribution in [0.1, 0.15) is 61.3 Å². The van der Waals surface area contributed by atoms with E-state index in [9.17, 15) is 24.6 Å². The predicted octanol–water partition coefficient (Wildman–Crippen LogP) is 2.56. The normalized spacial score (nSPS) is 24.9. The molecule has 0 saturated carbocycles. The van der Waals surface area contributed by atoms with Crippen LogP contribution in [-0.4, -0.2) is 52.7 Å². The maximum Gasteiger partial charge on any atom is 0.233 e. The smallest absolute Gasteiger partial charge is 0.233 e. The maximum atomic E-state index is 13.4. The van der Waals surface area contributed by atoms with Crippen molar-refractivity contribution in [3.05, 3.63) is 63.9 Å². The second kappa shape index (κ2) is 7.37. The van der Waals surface area contributed by atoms with Gasteiger partial charge in [0.2, 0.25) is 12.1 Å². The summed E-state index contributed by atoms with van der Waals surface area (Å²) >= 11 is 0. The molecule has 1 saturated heterocycles. The standard InChI is InChI=1S/C24H20O8/c1-10-6-12(9-25)18-16(7-10)32-24-20(18)22(28)13-4-3-5-15(19(13)23(24)29)31-17-8-14(26)21(27)11(2)30-17/h3-7,9,11,14,17,21,26-27H,8H2,1-2H3/t11?,14-,17-,21-/m0/s1. The molecule has 32 heavy (non-hydrogen) atoms. The van der Waals surface area contributed by atoms with Crippen LogP contribution in [0.2, 0.25) is 0 Å². The highest BCUT2D eigenvalue weighted by molar-refractivity contribution is 6.33. The molecule has 2 N–H and O–H groups in total. The average Bonchev–Trinajstić information content (AvgIpc) is 3.15. The van der Waals surface area contributed by atoms with Gasteiger partial charge in [0.05, 0.1) is 23.3 Å². The Morgan fingerprint density at radius 3 is 2.62 bits per heavy atom. The van der Waals surface area contributed by atoms with Crippen LogP contribution in [0.25, 0.3) is 11.0 Å². The molecule has 1 aromatic heterocycles. The first-order valence-corrected chi connectivity index (χ1v) is 10.2. The van der Waals surface area contributed by atoms with Gasteiger partial charge in [0, 0.05) is 22.9 Å². The second-order valence-electron chi connectivity index (χ2n) is 8.17. The van der Waals surface area contributed by atoms with Crippen molar-refractivity contribution >= 4 is 28.8 Å². The van der Waals surface area contributed by atoms with E-state index in [1.807, 2.05) is 0 Å². The summed E-state index contributed by atoms with van der Waals surface area (Å²) in [7, 11) is 0.